The first-order valence-electron chi connectivity index (χ1n) is 7.12. The van der Waals surface area contributed by atoms with E-state index in [9.17, 15) is 10.2 Å². The summed E-state index contributed by atoms with van der Waals surface area (Å²) >= 11 is 0. The van der Waals surface area contributed by atoms with Gasteiger partial charge in [-0.3, -0.25) is 0 Å². The third kappa shape index (κ3) is 1.34. The molecule has 3 fully saturated rings. The van der Waals surface area contributed by atoms with E-state index >= 15 is 0 Å². The van der Waals surface area contributed by atoms with Crippen LogP contribution in [0.4, 0.5) is 0 Å². The molecule has 6 atom stereocenters. The van der Waals surface area contributed by atoms with E-state index in [1.54, 1.807) is 0 Å². The summed E-state index contributed by atoms with van der Waals surface area (Å²) in [5.41, 5.74) is -0.256. The van der Waals surface area contributed by atoms with Crippen LogP contribution >= 0.6 is 0 Å². The molecule has 0 aliphatic heterocycles. The van der Waals surface area contributed by atoms with Crippen molar-refractivity contribution in [1.29, 1.82) is 0 Å². The zero-order chi connectivity index (χ0) is 12.6. The normalized spacial score (nSPS) is 60.4. The second-order valence-electron chi connectivity index (χ2n) is 7.89. The van der Waals surface area contributed by atoms with Crippen molar-refractivity contribution in [1.82, 2.24) is 0 Å². The summed E-state index contributed by atoms with van der Waals surface area (Å²) in [6.45, 7) is 8.89. The van der Waals surface area contributed by atoms with Gasteiger partial charge in [0.1, 0.15) is 0 Å². The molecule has 3 rings (SSSR count). The highest BCUT2D eigenvalue weighted by Gasteiger charge is 2.71. The van der Waals surface area contributed by atoms with Crippen molar-refractivity contribution in [2.45, 2.75) is 65.1 Å². The van der Waals surface area contributed by atoms with Gasteiger partial charge in [-0.2, -0.15) is 0 Å². The monoisotopic (exact) mass is 238 g/mol. The predicted molar refractivity (Wildman–Crippen MR) is 67.5 cm³/mol. The van der Waals surface area contributed by atoms with Crippen LogP contribution in [-0.2, 0) is 0 Å². The van der Waals surface area contributed by atoms with Gasteiger partial charge >= 0.3 is 0 Å². The van der Waals surface area contributed by atoms with Gasteiger partial charge in [-0.25, -0.2) is 0 Å². The summed E-state index contributed by atoms with van der Waals surface area (Å²) < 4.78 is 0. The SMILES string of the molecule is CC1(C)[C@@H]2[C@H]1CC[C@H](O)[C@@]1(C)CC[C@](C)(O)[C@@H]21. The smallest absolute Gasteiger partial charge is 0.0657 e. The minimum atomic E-state index is -0.573. The minimum Gasteiger partial charge on any atom is -0.393 e. The van der Waals surface area contributed by atoms with Crippen molar-refractivity contribution in [2.24, 2.45) is 28.6 Å². The van der Waals surface area contributed by atoms with Crippen LogP contribution in [0.3, 0.4) is 0 Å². The molecule has 98 valence electrons. The van der Waals surface area contributed by atoms with Crippen LogP contribution in [-0.4, -0.2) is 21.9 Å². The van der Waals surface area contributed by atoms with Crippen LogP contribution in [0.15, 0.2) is 0 Å². The molecule has 3 aliphatic rings. The van der Waals surface area contributed by atoms with Gasteiger partial charge in [0.05, 0.1) is 11.7 Å². The maximum atomic E-state index is 10.7. The van der Waals surface area contributed by atoms with Gasteiger partial charge in [-0.05, 0) is 61.2 Å². The Kier molecular flexibility index (Phi) is 2.17. The Morgan fingerprint density at radius 1 is 1.00 bits per heavy atom. The molecule has 2 N–H and O–H groups in total. The second-order valence-corrected chi connectivity index (χ2v) is 7.89. The summed E-state index contributed by atoms with van der Waals surface area (Å²) in [6.07, 6.45) is 3.68. The van der Waals surface area contributed by atoms with Crippen LogP contribution < -0.4 is 0 Å². The Labute approximate surface area is 104 Å². The molecule has 17 heavy (non-hydrogen) atoms. The topological polar surface area (TPSA) is 40.5 Å². The molecule has 0 spiro atoms. The first-order chi connectivity index (χ1) is 7.71. The molecule has 0 aromatic heterocycles. The summed E-state index contributed by atoms with van der Waals surface area (Å²) in [4.78, 5) is 0. The van der Waals surface area contributed by atoms with Crippen LogP contribution in [0.1, 0.15) is 53.4 Å². The fourth-order valence-corrected chi connectivity index (χ4v) is 5.38. The van der Waals surface area contributed by atoms with Gasteiger partial charge in [-0.1, -0.05) is 20.8 Å². The third-order valence-corrected chi connectivity index (χ3v) is 6.56. The average molecular weight is 238 g/mol. The van der Waals surface area contributed by atoms with E-state index in [0.717, 1.165) is 25.7 Å². The van der Waals surface area contributed by atoms with Crippen LogP contribution in [0.2, 0.25) is 0 Å². The van der Waals surface area contributed by atoms with E-state index in [1.807, 2.05) is 6.92 Å². The highest BCUT2D eigenvalue weighted by Crippen LogP contribution is 2.73. The lowest BCUT2D eigenvalue weighted by Crippen LogP contribution is -2.44. The molecule has 2 heteroatoms. The largest absolute Gasteiger partial charge is 0.393 e. The van der Waals surface area contributed by atoms with Gasteiger partial charge in [0.25, 0.3) is 0 Å². The molecule has 3 saturated carbocycles. The lowest BCUT2D eigenvalue weighted by atomic mass is 9.68. The van der Waals surface area contributed by atoms with E-state index in [2.05, 4.69) is 20.8 Å². The molecule has 0 aromatic carbocycles. The highest BCUT2D eigenvalue weighted by molar-refractivity contribution is 5.19. The van der Waals surface area contributed by atoms with Gasteiger partial charge in [0.15, 0.2) is 0 Å². The number of fused-ring (bicyclic) bond motifs is 3. The number of hydrogen-bond donors (Lipinski definition) is 2. The Hall–Kier alpha value is -0.0800. The second kappa shape index (κ2) is 3.08. The van der Waals surface area contributed by atoms with Crippen molar-refractivity contribution in [2.75, 3.05) is 0 Å². The molecule has 0 saturated heterocycles. The summed E-state index contributed by atoms with van der Waals surface area (Å²) in [5.74, 6) is 1.61. The van der Waals surface area contributed by atoms with Gasteiger partial charge in [0.2, 0.25) is 0 Å². The molecule has 0 unspecified atom stereocenters. The first kappa shape index (κ1) is 12.0. The fourth-order valence-electron chi connectivity index (χ4n) is 5.38. The van der Waals surface area contributed by atoms with Crippen molar-refractivity contribution < 1.29 is 10.2 Å². The summed E-state index contributed by atoms with van der Waals surface area (Å²) in [5, 5.41) is 21.2. The molecule has 0 radical (unpaired) electrons. The van der Waals surface area contributed by atoms with Gasteiger partial charge in [-0.15, -0.1) is 0 Å². The van der Waals surface area contributed by atoms with Crippen LogP contribution in [0.5, 0.6) is 0 Å². The quantitative estimate of drug-likeness (QED) is 0.681. The van der Waals surface area contributed by atoms with Crippen LogP contribution in [0, 0.1) is 28.6 Å². The van der Waals surface area contributed by atoms with Gasteiger partial charge < -0.3 is 10.2 Å². The van der Waals surface area contributed by atoms with Gasteiger partial charge in [0, 0.05) is 0 Å². The zero-order valence-electron chi connectivity index (χ0n) is 11.5. The Morgan fingerprint density at radius 2 is 1.65 bits per heavy atom. The van der Waals surface area contributed by atoms with E-state index in [4.69, 9.17) is 0 Å². The van der Waals surface area contributed by atoms with E-state index in [0.29, 0.717) is 17.3 Å². The molecule has 0 bridgehead atoms. The predicted octanol–water partition coefficient (Wildman–Crippen LogP) is 2.58. The van der Waals surface area contributed by atoms with E-state index in [-0.39, 0.29) is 17.4 Å². The van der Waals surface area contributed by atoms with Crippen molar-refractivity contribution in [3.05, 3.63) is 0 Å². The lowest BCUT2D eigenvalue weighted by molar-refractivity contribution is -0.0674. The first-order valence-corrected chi connectivity index (χ1v) is 7.12. The van der Waals surface area contributed by atoms with Crippen molar-refractivity contribution >= 4 is 0 Å². The fraction of sp³-hybridized carbons (Fsp3) is 1.00. The van der Waals surface area contributed by atoms with Crippen molar-refractivity contribution in [3.63, 3.8) is 0 Å². The standard InChI is InChI=1S/C15H26O2/c1-13(2)9-5-6-10(16)14(3)7-8-15(4,17)12(14)11(9)13/h9-12,16-17H,5-8H2,1-4H3/t9-,10+,11-,12+,14-,15+/m1/s1. The Balaban J connectivity index is 2.03. The number of aliphatic hydroxyl groups excluding tert-OH is 1. The van der Waals surface area contributed by atoms with E-state index < -0.39 is 5.60 Å². The maximum absolute atomic E-state index is 10.7. The van der Waals surface area contributed by atoms with Crippen LogP contribution in [0.25, 0.3) is 0 Å². The molecular formula is C15H26O2. The number of rotatable bonds is 0. The third-order valence-electron chi connectivity index (χ3n) is 6.56. The number of aliphatic hydroxyl groups is 2. The van der Waals surface area contributed by atoms with E-state index in [1.165, 1.54) is 0 Å². The lowest BCUT2D eigenvalue weighted by Gasteiger charge is -2.40. The molecule has 3 aliphatic carbocycles. The molecule has 0 heterocycles. The Morgan fingerprint density at radius 3 is 2.29 bits per heavy atom. The highest BCUT2D eigenvalue weighted by atomic mass is 16.3. The molecule has 0 aromatic rings. The summed E-state index contributed by atoms with van der Waals surface area (Å²) in [6, 6.07) is 0. The molecule has 2 nitrogen and oxygen atoms in total. The van der Waals surface area contributed by atoms with Crippen molar-refractivity contribution in [3.8, 4) is 0 Å². The number of hydrogen-bond acceptors (Lipinski definition) is 2. The molecular weight excluding hydrogens is 212 g/mol. The minimum absolute atomic E-state index is 0.0588. The zero-order valence-corrected chi connectivity index (χ0v) is 11.5. The summed E-state index contributed by atoms with van der Waals surface area (Å²) in [7, 11) is 0. The maximum Gasteiger partial charge on any atom is 0.0657 e. The molecule has 0 amide bonds. The average Bonchev–Trinajstić information content (AvgIpc) is 2.67. The Bertz CT molecular complexity index is 347.